The summed E-state index contributed by atoms with van der Waals surface area (Å²) in [6.07, 6.45) is 2.73. The van der Waals surface area contributed by atoms with E-state index in [4.69, 9.17) is 4.74 Å². The van der Waals surface area contributed by atoms with Crippen molar-refractivity contribution >= 4 is 17.3 Å². The van der Waals surface area contributed by atoms with Crippen molar-refractivity contribution in [1.29, 1.82) is 0 Å². The summed E-state index contributed by atoms with van der Waals surface area (Å²) in [5, 5.41) is 6.30. The van der Waals surface area contributed by atoms with E-state index in [2.05, 4.69) is 10.6 Å². The zero-order valence-corrected chi connectivity index (χ0v) is 10.7. The third-order valence-corrected chi connectivity index (χ3v) is 3.00. The lowest BCUT2D eigenvalue weighted by Crippen LogP contribution is -2.29. The molecular weight excluding hydrogens is 228 g/mol. The SMILES string of the molecule is CCC(=O)Nc1cccc(NC2CCCOC2)c1. The molecule has 1 aromatic rings. The highest BCUT2D eigenvalue weighted by atomic mass is 16.5. The first kappa shape index (κ1) is 12.9. The van der Waals surface area contributed by atoms with E-state index in [-0.39, 0.29) is 5.91 Å². The summed E-state index contributed by atoms with van der Waals surface area (Å²) in [6, 6.07) is 8.18. The number of rotatable bonds is 4. The van der Waals surface area contributed by atoms with Crippen LogP contribution in [0.1, 0.15) is 26.2 Å². The Kier molecular flexibility index (Phi) is 4.59. The predicted molar refractivity (Wildman–Crippen MR) is 72.8 cm³/mol. The number of carbonyl (C=O) groups excluding carboxylic acids is 1. The maximum Gasteiger partial charge on any atom is 0.224 e. The van der Waals surface area contributed by atoms with Gasteiger partial charge in [0.2, 0.25) is 5.91 Å². The molecule has 0 spiro atoms. The fraction of sp³-hybridized carbons (Fsp3) is 0.500. The van der Waals surface area contributed by atoms with E-state index in [0.29, 0.717) is 12.5 Å². The molecular formula is C14H20N2O2. The van der Waals surface area contributed by atoms with Gasteiger partial charge in [0.05, 0.1) is 6.61 Å². The van der Waals surface area contributed by atoms with Gasteiger partial charge in [0, 0.05) is 30.4 Å². The maximum absolute atomic E-state index is 11.3. The van der Waals surface area contributed by atoms with Gasteiger partial charge in [-0.3, -0.25) is 4.79 Å². The van der Waals surface area contributed by atoms with Gasteiger partial charge in [0.15, 0.2) is 0 Å². The second-order valence-electron chi connectivity index (χ2n) is 4.54. The number of ether oxygens (including phenoxy) is 1. The summed E-state index contributed by atoms with van der Waals surface area (Å²) in [5.74, 6) is 0.0353. The van der Waals surface area contributed by atoms with Crippen LogP contribution in [0.5, 0.6) is 0 Å². The molecule has 4 nitrogen and oxygen atoms in total. The first-order valence-electron chi connectivity index (χ1n) is 6.52. The molecule has 4 heteroatoms. The van der Waals surface area contributed by atoms with E-state index in [1.54, 1.807) is 0 Å². The number of nitrogens with one attached hydrogen (secondary N) is 2. The van der Waals surface area contributed by atoms with Gasteiger partial charge in [-0.15, -0.1) is 0 Å². The van der Waals surface area contributed by atoms with E-state index >= 15 is 0 Å². The van der Waals surface area contributed by atoms with Gasteiger partial charge in [-0.05, 0) is 31.0 Å². The Balaban J connectivity index is 1.95. The van der Waals surface area contributed by atoms with E-state index in [0.717, 1.165) is 37.4 Å². The Morgan fingerprint density at radius 2 is 2.28 bits per heavy atom. The highest BCUT2D eigenvalue weighted by molar-refractivity contribution is 5.90. The van der Waals surface area contributed by atoms with Crippen molar-refractivity contribution in [2.45, 2.75) is 32.2 Å². The van der Waals surface area contributed by atoms with Crippen LogP contribution >= 0.6 is 0 Å². The minimum Gasteiger partial charge on any atom is -0.380 e. The second-order valence-corrected chi connectivity index (χ2v) is 4.54. The highest BCUT2D eigenvalue weighted by Crippen LogP contribution is 2.18. The van der Waals surface area contributed by atoms with Crippen molar-refractivity contribution in [3.05, 3.63) is 24.3 Å². The molecule has 0 aliphatic carbocycles. The van der Waals surface area contributed by atoms with Crippen molar-refractivity contribution in [3.63, 3.8) is 0 Å². The molecule has 2 rings (SSSR count). The summed E-state index contributed by atoms with van der Waals surface area (Å²) < 4.78 is 5.43. The monoisotopic (exact) mass is 248 g/mol. The minimum atomic E-state index is 0.0353. The molecule has 1 saturated heterocycles. The number of carbonyl (C=O) groups is 1. The summed E-state index contributed by atoms with van der Waals surface area (Å²) in [4.78, 5) is 11.3. The molecule has 0 bridgehead atoms. The number of hydrogen-bond donors (Lipinski definition) is 2. The maximum atomic E-state index is 11.3. The lowest BCUT2D eigenvalue weighted by Gasteiger charge is -2.24. The van der Waals surface area contributed by atoms with Crippen molar-refractivity contribution < 1.29 is 9.53 Å². The predicted octanol–water partition coefficient (Wildman–Crippen LogP) is 2.63. The van der Waals surface area contributed by atoms with Crippen LogP contribution in [0.15, 0.2) is 24.3 Å². The lowest BCUT2D eigenvalue weighted by atomic mass is 10.1. The van der Waals surface area contributed by atoms with Gasteiger partial charge in [0.25, 0.3) is 0 Å². The average Bonchev–Trinajstić information content (AvgIpc) is 2.40. The van der Waals surface area contributed by atoms with Gasteiger partial charge in [-0.1, -0.05) is 13.0 Å². The summed E-state index contributed by atoms with van der Waals surface area (Å²) in [6.45, 7) is 3.47. The molecule has 2 N–H and O–H groups in total. The van der Waals surface area contributed by atoms with Crippen LogP contribution in [-0.2, 0) is 9.53 Å². The zero-order valence-electron chi connectivity index (χ0n) is 10.7. The van der Waals surface area contributed by atoms with Crippen LogP contribution in [0, 0.1) is 0 Å². The fourth-order valence-electron chi connectivity index (χ4n) is 2.03. The van der Waals surface area contributed by atoms with E-state index in [1.807, 2.05) is 31.2 Å². The molecule has 1 aromatic carbocycles. The summed E-state index contributed by atoms with van der Waals surface area (Å²) >= 11 is 0. The number of benzene rings is 1. The Labute approximate surface area is 108 Å². The largest absolute Gasteiger partial charge is 0.380 e. The second kappa shape index (κ2) is 6.40. The van der Waals surface area contributed by atoms with Crippen molar-refractivity contribution in [1.82, 2.24) is 0 Å². The van der Waals surface area contributed by atoms with Gasteiger partial charge >= 0.3 is 0 Å². The molecule has 0 aromatic heterocycles. The molecule has 98 valence electrons. The normalized spacial score (nSPS) is 19.3. The van der Waals surface area contributed by atoms with Crippen LogP contribution in [0.3, 0.4) is 0 Å². The van der Waals surface area contributed by atoms with Crippen LogP contribution < -0.4 is 10.6 Å². The fourth-order valence-corrected chi connectivity index (χ4v) is 2.03. The third-order valence-electron chi connectivity index (χ3n) is 3.00. The third kappa shape index (κ3) is 3.74. The Hall–Kier alpha value is -1.55. The molecule has 1 unspecified atom stereocenters. The number of amides is 1. The van der Waals surface area contributed by atoms with Gasteiger partial charge in [-0.2, -0.15) is 0 Å². The summed E-state index contributed by atoms with van der Waals surface area (Å²) in [5.41, 5.74) is 1.86. The lowest BCUT2D eigenvalue weighted by molar-refractivity contribution is -0.115. The Morgan fingerprint density at radius 3 is 3.00 bits per heavy atom. The molecule has 1 fully saturated rings. The van der Waals surface area contributed by atoms with Crippen LogP contribution in [0.2, 0.25) is 0 Å². The van der Waals surface area contributed by atoms with E-state index < -0.39 is 0 Å². The van der Waals surface area contributed by atoms with E-state index in [1.165, 1.54) is 0 Å². The molecule has 1 aliphatic heterocycles. The van der Waals surface area contributed by atoms with Crippen molar-refractivity contribution in [3.8, 4) is 0 Å². The van der Waals surface area contributed by atoms with Crippen molar-refractivity contribution in [2.75, 3.05) is 23.8 Å². The first-order chi connectivity index (χ1) is 8.78. The summed E-state index contributed by atoms with van der Waals surface area (Å²) in [7, 11) is 0. The van der Waals surface area contributed by atoms with Crippen LogP contribution in [0.4, 0.5) is 11.4 Å². The Bertz CT molecular complexity index is 401. The highest BCUT2D eigenvalue weighted by Gasteiger charge is 2.13. The first-order valence-corrected chi connectivity index (χ1v) is 6.52. The molecule has 0 saturated carbocycles. The smallest absolute Gasteiger partial charge is 0.224 e. The molecule has 1 aliphatic rings. The topological polar surface area (TPSA) is 50.4 Å². The van der Waals surface area contributed by atoms with Gasteiger partial charge in [0.1, 0.15) is 0 Å². The quantitative estimate of drug-likeness (QED) is 0.861. The average molecular weight is 248 g/mol. The van der Waals surface area contributed by atoms with Crippen molar-refractivity contribution in [2.24, 2.45) is 0 Å². The zero-order chi connectivity index (χ0) is 12.8. The molecule has 18 heavy (non-hydrogen) atoms. The van der Waals surface area contributed by atoms with Crippen LogP contribution in [0.25, 0.3) is 0 Å². The van der Waals surface area contributed by atoms with Gasteiger partial charge in [-0.25, -0.2) is 0 Å². The molecule has 1 atom stereocenters. The van der Waals surface area contributed by atoms with Gasteiger partial charge < -0.3 is 15.4 Å². The minimum absolute atomic E-state index is 0.0353. The Morgan fingerprint density at radius 1 is 1.44 bits per heavy atom. The number of anilines is 2. The number of hydrogen-bond acceptors (Lipinski definition) is 3. The molecule has 1 amide bonds. The molecule has 1 heterocycles. The molecule has 0 radical (unpaired) electrons. The standard InChI is InChI=1S/C14H20N2O2/c1-2-14(17)16-12-6-3-5-11(9-12)15-13-7-4-8-18-10-13/h3,5-6,9,13,15H,2,4,7-8,10H2,1H3,(H,16,17). The van der Waals surface area contributed by atoms with E-state index in [9.17, 15) is 4.79 Å². The van der Waals surface area contributed by atoms with Crippen LogP contribution in [-0.4, -0.2) is 25.2 Å².